The van der Waals surface area contributed by atoms with E-state index in [2.05, 4.69) is 5.32 Å². The van der Waals surface area contributed by atoms with Gasteiger partial charge < -0.3 is 20.1 Å². The number of carbonyl (C=O) groups is 2. The monoisotopic (exact) mass is 278 g/mol. The van der Waals surface area contributed by atoms with Crippen molar-refractivity contribution in [3.63, 3.8) is 0 Å². The SMILES string of the molecule is O=C(OCCc1ccccc1)C1CN(C(=O)O)CCN1. The molecule has 20 heavy (non-hydrogen) atoms. The van der Waals surface area contributed by atoms with Gasteiger partial charge in [0, 0.05) is 19.5 Å². The Morgan fingerprint density at radius 3 is 2.80 bits per heavy atom. The van der Waals surface area contributed by atoms with Crippen molar-refractivity contribution in [2.75, 3.05) is 26.2 Å². The molecule has 1 heterocycles. The quantitative estimate of drug-likeness (QED) is 0.794. The van der Waals surface area contributed by atoms with Gasteiger partial charge in [-0.3, -0.25) is 4.79 Å². The van der Waals surface area contributed by atoms with Crippen molar-refractivity contribution in [1.82, 2.24) is 10.2 Å². The van der Waals surface area contributed by atoms with Crippen LogP contribution < -0.4 is 5.32 Å². The highest BCUT2D eigenvalue weighted by molar-refractivity contribution is 5.77. The van der Waals surface area contributed by atoms with Gasteiger partial charge in [-0.25, -0.2) is 4.79 Å². The summed E-state index contributed by atoms with van der Waals surface area (Å²) in [6.07, 6.45) is -0.351. The number of nitrogens with one attached hydrogen (secondary N) is 1. The molecule has 1 aromatic rings. The predicted molar refractivity (Wildman–Crippen MR) is 72.5 cm³/mol. The number of hydrogen-bond donors (Lipinski definition) is 2. The van der Waals surface area contributed by atoms with Gasteiger partial charge in [-0.1, -0.05) is 30.3 Å². The minimum atomic E-state index is -1.01. The third kappa shape index (κ3) is 3.96. The van der Waals surface area contributed by atoms with E-state index in [0.29, 0.717) is 26.1 Å². The van der Waals surface area contributed by atoms with Gasteiger partial charge in [-0.2, -0.15) is 0 Å². The highest BCUT2D eigenvalue weighted by atomic mass is 16.5. The summed E-state index contributed by atoms with van der Waals surface area (Å²) in [6, 6.07) is 9.17. The van der Waals surface area contributed by atoms with Gasteiger partial charge in [0.25, 0.3) is 0 Å². The molecule has 1 amide bonds. The minimum Gasteiger partial charge on any atom is -0.465 e. The average Bonchev–Trinajstić information content (AvgIpc) is 2.48. The van der Waals surface area contributed by atoms with Crippen LogP contribution >= 0.6 is 0 Å². The lowest BCUT2D eigenvalue weighted by Gasteiger charge is -2.30. The lowest BCUT2D eigenvalue weighted by molar-refractivity contribution is -0.147. The smallest absolute Gasteiger partial charge is 0.407 e. The normalized spacial score (nSPS) is 18.6. The standard InChI is InChI=1S/C14H18N2O4/c17-13(12-10-16(14(18)19)8-7-15-12)20-9-6-11-4-2-1-3-5-11/h1-5,12,15H,6-10H2,(H,18,19). The van der Waals surface area contributed by atoms with Gasteiger partial charge in [-0.05, 0) is 5.56 Å². The van der Waals surface area contributed by atoms with E-state index in [1.807, 2.05) is 30.3 Å². The third-order valence-electron chi connectivity index (χ3n) is 3.21. The molecule has 1 saturated heterocycles. The van der Waals surface area contributed by atoms with E-state index in [1.165, 1.54) is 4.90 Å². The molecule has 1 atom stereocenters. The summed E-state index contributed by atoms with van der Waals surface area (Å²) in [5.74, 6) is -0.396. The second-order valence-corrected chi connectivity index (χ2v) is 4.64. The molecule has 0 aromatic heterocycles. The third-order valence-corrected chi connectivity index (χ3v) is 3.21. The lowest BCUT2D eigenvalue weighted by atomic mass is 10.2. The topological polar surface area (TPSA) is 78.9 Å². The largest absolute Gasteiger partial charge is 0.465 e. The fraction of sp³-hybridized carbons (Fsp3) is 0.429. The average molecular weight is 278 g/mol. The molecule has 1 aliphatic heterocycles. The highest BCUT2D eigenvalue weighted by Crippen LogP contribution is 2.04. The Labute approximate surface area is 117 Å². The Morgan fingerprint density at radius 1 is 1.35 bits per heavy atom. The summed E-state index contributed by atoms with van der Waals surface area (Å²) < 4.78 is 5.19. The van der Waals surface area contributed by atoms with E-state index in [9.17, 15) is 9.59 Å². The number of esters is 1. The lowest BCUT2D eigenvalue weighted by Crippen LogP contribution is -2.55. The maximum Gasteiger partial charge on any atom is 0.407 e. The van der Waals surface area contributed by atoms with Crippen molar-refractivity contribution in [3.05, 3.63) is 35.9 Å². The van der Waals surface area contributed by atoms with E-state index in [1.54, 1.807) is 0 Å². The molecule has 1 aromatic carbocycles. The first-order valence-electron chi connectivity index (χ1n) is 6.58. The van der Waals surface area contributed by atoms with Crippen LogP contribution in [0.2, 0.25) is 0 Å². The molecule has 6 nitrogen and oxygen atoms in total. The van der Waals surface area contributed by atoms with Crippen molar-refractivity contribution in [2.24, 2.45) is 0 Å². The Kier molecular flexibility index (Phi) is 4.95. The molecule has 0 aliphatic carbocycles. The van der Waals surface area contributed by atoms with Crippen LogP contribution in [-0.2, 0) is 16.0 Å². The number of amides is 1. The molecule has 1 unspecified atom stereocenters. The Bertz CT molecular complexity index is 464. The Morgan fingerprint density at radius 2 is 2.10 bits per heavy atom. The molecule has 0 radical (unpaired) electrons. The van der Waals surface area contributed by atoms with Crippen LogP contribution in [0.1, 0.15) is 5.56 Å². The van der Waals surface area contributed by atoms with Crippen LogP contribution in [0.3, 0.4) is 0 Å². The zero-order valence-corrected chi connectivity index (χ0v) is 11.1. The summed E-state index contributed by atoms with van der Waals surface area (Å²) in [7, 11) is 0. The number of rotatable bonds is 4. The maximum atomic E-state index is 11.9. The fourth-order valence-electron chi connectivity index (χ4n) is 2.10. The number of ether oxygens (including phenoxy) is 1. The zero-order valence-electron chi connectivity index (χ0n) is 11.1. The van der Waals surface area contributed by atoms with E-state index in [-0.39, 0.29) is 6.54 Å². The van der Waals surface area contributed by atoms with Crippen LogP contribution in [0.15, 0.2) is 30.3 Å². The summed E-state index contributed by atoms with van der Waals surface area (Å²) in [4.78, 5) is 23.9. The molecule has 2 N–H and O–H groups in total. The molecule has 6 heteroatoms. The summed E-state index contributed by atoms with van der Waals surface area (Å²) in [5, 5.41) is 11.9. The van der Waals surface area contributed by atoms with Crippen LogP contribution in [0.4, 0.5) is 4.79 Å². The Balaban J connectivity index is 1.75. The number of benzene rings is 1. The molecule has 1 aliphatic rings. The van der Waals surface area contributed by atoms with Crippen molar-refractivity contribution >= 4 is 12.1 Å². The molecule has 0 bridgehead atoms. The molecular formula is C14H18N2O4. The second-order valence-electron chi connectivity index (χ2n) is 4.64. The maximum absolute atomic E-state index is 11.9. The first kappa shape index (κ1) is 14.3. The van der Waals surface area contributed by atoms with Gasteiger partial charge in [0.2, 0.25) is 0 Å². The first-order valence-corrected chi connectivity index (χ1v) is 6.58. The molecule has 2 rings (SSSR count). The minimum absolute atomic E-state index is 0.138. The van der Waals surface area contributed by atoms with Crippen molar-refractivity contribution in [3.8, 4) is 0 Å². The van der Waals surface area contributed by atoms with Gasteiger partial charge in [-0.15, -0.1) is 0 Å². The molecule has 0 saturated carbocycles. The zero-order chi connectivity index (χ0) is 14.4. The summed E-state index contributed by atoms with van der Waals surface area (Å²) >= 11 is 0. The Hall–Kier alpha value is -2.08. The van der Waals surface area contributed by atoms with Crippen molar-refractivity contribution in [1.29, 1.82) is 0 Å². The van der Waals surface area contributed by atoms with Crippen LogP contribution in [0.25, 0.3) is 0 Å². The second kappa shape index (κ2) is 6.91. The molecular weight excluding hydrogens is 260 g/mol. The van der Waals surface area contributed by atoms with Crippen molar-refractivity contribution in [2.45, 2.75) is 12.5 Å². The fourth-order valence-corrected chi connectivity index (χ4v) is 2.10. The van der Waals surface area contributed by atoms with Gasteiger partial charge in [0.15, 0.2) is 0 Å². The number of piperazine rings is 1. The van der Waals surface area contributed by atoms with E-state index >= 15 is 0 Å². The highest BCUT2D eigenvalue weighted by Gasteiger charge is 2.28. The number of carboxylic acid groups (broad SMARTS) is 1. The summed E-state index contributed by atoms with van der Waals surface area (Å²) in [5.41, 5.74) is 1.10. The predicted octanol–water partition coefficient (Wildman–Crippen LogP) is 0.724. The van der Waals surface area contributed by atoms with Gasteiger partial charge >= 0.3 is 12.1 Å². The van der Waals surface area contributed by atoms with E-state index in [0.717, 1.165) is 5.56 Å². The summed E-state index contributed by atoms with van der Waals surface area (Å²) in [6.45, 7) is 1.29. The van der Waals surface area contributed by atoms with Crippen LogP contribution in [0, 0.1) is 0 Å². The molecule has 0 spiro atoms. The van der Waals surface area contributed by atoms with Crippen LogP contribution in [0.5, 0.6) is 0 Å². The first-order chi connectivity index (χ1) is 9.66. The molecule has 1 fully saturated rings. The van der Waals surface area contributed by atoms with Crippen LogP contribution in [-0.4, -0.2) is 54.4 Å². The van der Waals surface area contributed by atoms with E-state index < -0.39 is 18.1 Å². The van der Waals surface area contributed by atoms with E-state index in [4.69, 9.17) is 9.84 Å². The van der Waals surface area contributed by atoms with Gasteiger partial charge in [0.05, 0.1) is 13.2 Å². The van der Waals surface area contributed by atoms with Crippen molar-refractivity contribution < 1.29 is 19.4 Å². The number of carbonyl (C=O) groups excluding carboxylic acids is 1. The van der Waals surface area contributed by atoms with Gasteiger partial charge in [0.1, 0.15) is 6.04 Å². The number of nitrogens with zero attached hydrogens (tertiary/aromatic N) is 1. The molecule has 108 valence electrons. The number of hydrogen-bond acceptors (Lipinski definition) is 4.